The molecule has 0 spiro atoms. The molecule has 6 heteroatoms. The van der Waals surface area contributed by atoms with Gasteiger partial charge in [0, 0.05) is 42.7 Å². The summed E-state index contributed by atoms with van der Waals surface area (Å²) in [4.78, 5) is 28.2. The van der Waals surface area contributed by atoms with Crippen molar-refractivity contribution in [3.63, 3.8) is 0 Å². The molecular weight excluding hydrogens is 297 g/mol. The Morgan fingerprint density at radius 1 is 1.30 bits per heavy atom. The van der Waals surface area contributed by atoms with E-state index in [1.165, 1.54) is 29.8 Å². The number of fused-ring (bicyclic) bond motifs is 1. The summed E-state index contributed by atoms with van der Waals surface area (Å²) in [5, 5.41) is 0. The van der Waals surface area contributed by atoms with Crippen molar-refractivity contribution in [3.05, 3.63) is 54.0 Å². The summed E-state index contributed by atoms with van der Waals surface area (Å²) in [5.41, 5.74) is 8.09. The average Bonchev–Trinajstić information content (AvgIpc) is 2.51. The number of anilines is 1. The summed E-state index contributed by atoms with van der Waals surface area (Å²) in [6, 6.07) is 4.76. The van der Waals surface area contributed by atoms with Crippen LogP contribution in [0.25, 0.3) is 11.1 Å². The number of hydrogen-bond acceptors (Lipinski definition) is 3. The Morgan fingerprint density at radius 3 is 2.83 bits per heavy atom. The molecule has 2 aromatic rings. The van der Waals surface area contributed by atoms with E-state index in [-0.39, 0.29) is 5.91 Å². The number of pyridine rings is 1. The molecule has 117 valence electrons. The number of amides is 2. The Kier molecular flexibility index (Phi) is 3.82. The minimum atomic E-state index is -0.588. The number of benzene rings is 1. The second-order valence-corrected chi connectivity index (χ2v) is 5.47. The van der Waals surface area contributed by atoms with Crippen molar-refractivity contribution in [1.82, 2.24) is 4.98 Å². The lowest BCUT2D eigenvalue weighted by Gasteiger charge is -2.26. The molecule has 2 heterocycles. The first-order chi connectivity index (χ1) is 11.0. The average molecular weight is 312 g/mol. The Bertz CT molecular complexity index is 804. The molecule has 0 fully saturated rings. The normalized spacial score (nSPS) is 13.8. The van der Waals surface area contributed by atoms with Crippen molar-refractivity contribution in [2.24, 2.45) is 5.73 Å². The first-order valence-corrected chi connectivity index (χ1v) is 7.14. The SMILES string of the molecule is CN1C(=O)CCc2cc(-c3cncc([CH]C(N)=O)c3)c(F)cc21. The molecule has 0 saturated carbocycles. The summed E-state index contributed by atoms with van der Waals surface area (Å²) in [6.07, 6.45) is 5.23. The number of carbonyl (C=O) groups is 2. The predicted octanol–water partition coefficient (Wildman–Crippen LogP) is 1.83. The van der Waals surface area contributed by atoms with E-state index in [0.29, 0.717) is 35.2 Å². The molecule has 1 radical (unpaired) electrons. The second kappa shape index (κ2) is 5.79. The zero-order valence-electron chi connectivity index (χ0n) is 12.5. The van der Waals surface area contributed by atoms with Crippen LogP contribution in [0, 0.1) is 12.2 Å². The summed E-state index contributed by atoms with van der Waals surface area (Å²) in [6.45, 7) is 0. The van der Waals surface area contributed by atoms with Crippen LogP contribution in [-0.2, 0) is 16.0 Å². The lowest BCUT2D eigenvalue weighted by molar-refractivity contribution is -0.118. The fourth-order valence-corrected chi connectivity index (χ4v) is 2.73. The van der Waals surface area contributed by atoms with E-state index in [1.807, 2.05) is 0 Å². The maximum Gasteiger partial charge on any atom is 0.227 e. The van der Waals surface area contributed by atoms with Crippen molar-refractivity contribution in [3.8, 4) is 11.1 Å². The van der Waals surface area contributed by atoms with Gasteiger partial charge in [-0.3, -0.25) is 14.6 Å². The van der Waals surface area contributed by atoms with E-state index < -0.39 is 11.7 Å². The maximum atomic E-state index is 14.5. The molecule has 1 aliphatic rings. The van der Waals surface area contributed by atoms with Gasteiger partial charge < -0.3 is 10.6 Å². The van der Waals surface area contributed by atoms with E-state index >= 15 is 0 Å². The molecule has 0 unspecified atom stereocenters. The van der Waals surface area contributed by atoms with Crippen LogP contribution < -0.4 is 10.6 Å². The third-order valence-electron chi connectivity index (χ3n) is 3.89. The zero-order valence-corrected chi connectivity index (χ0v) is 12.5. The van der Waals surface area contributed by atoms with E-state index in [0.717, 1.165) is 5.56 Å². The van der Waals surface area contributed by atoms with Gasteiger partial charge in [-0.2, -0.15) is 0 Å². The largest absolute Gasteiger partial charge is 0.369 e. The number of primary amides is 1. The summed E-state index contributed by atoms with van der Waals surface area (Å²) in [7, 11) is 1.64. The van der Waals surface area contributed by atoms with E-state index in [9.17, 15) is 14.0 Å². The number of carbonyl (C=O) groups excluding carboxylic acids is 2. The van der Waals surface area contributed by atoms with Crippen molar-refractivity contribution >= 4 is 17.5 Å². The number of nitrogens with two attached hydrogens (primary N) is 1. The van der Waals surface area contributed by atoms with Gasteiger partial charge in [-0.25, -0.2) is 4.39 Å². The molecule has 23 heavy (non-hydrogen) atoms. The molecule has 1 aromatic heterocycles. The van der Waals surface area contributed by atoms with Crippen molar-refractivity contribution < 1.29 is 14.0 Å². The Labute approximate surface area is 132 Å². The van der Waals surface area contributed by atoms with Gasteiger partial charge >= 0.3 is 0 Å². The number of aryl methyl sites for hydroxylation is 1. The highest BCUT2D eigenvalue weighted by Gasteiger charge is 2.23. The molecule has 5 nitrogen and oxygen atoms in total. The molecule has 0 saturated heterocycles. The molecule has 1 aliphatic heterocycles. The fraction of sp³-hybridized carbons (Fsp3) is 0.176. The highest BCUT2D eigenvalue weighted by atomic mass is 19.1. The Balaban J connectivity index is 2.04. The number of rotatable bonds is 3. The first-order valence-electron chi connectivity index (χ1n) is 7.14. The number of halogens is 1. The summed E-state index contributed by atoms with van der Waals surface area (Å²) >= 11 is 0. The smallest absolute Gasteiger partial charge is 0.227 e. The molecular formula is C17H15FN3O2. The molecule has 2 amide bonds. The molecule has 3 rings (SSSR count). The number of nitrogens with zero attached hydrogens (tertiary/aromatic N) is 2. The van der Waals surface area contributed by atoms with Crippen molar-refractivity contribution in [2.75, 3.05) is 11.9 Å². The van der Waals surface area contributed by atoms with Crippen molar-refractivity contribution in [1.29, 1.82) is 0 Å². The Morgan fingerprint density at radius 2 is 2.09 bits per heavy atom. The minimum Gasteiger partial charge on any atom is -0.369 e. The highest BCUT2D eigenvalue weighted by molar-refractivity contribution is 5.96. The Hall–Kier alpha value is -2.76. The van der Waals surface area contributed by atoms with Crippen LogP contribution in [0.5, 0.6) is 0 Å². The van der Waals surface area contributed by atoms with Crippen LogP contribution in [0.3, 0.4) is 0 Å². The van der Waals surface area contributed by atoms with Gasteiger partial charge in [0.2, 0.25) is 11.8 Å². The van der Waals surface area contributed by atoms with Gasteiger partial charge in [-0.1, -0.05) is 0 Å². The van der Waals surface area contributed by atoms with Crippen LogP contribution >= 0.6 is 0 Å². The third-order valence-corrected chi connectivity index (χ3v) is 3.89. The van der Waals surface area contributed by atoms with Crippen LogP contribution in [0.1, 0.15) is 17.5 Å². The topological polar surface area (TPSA) is 76.3 Å². The second-order valence-electron chi connectivity index (χ2n) is 5.47. The fourth-order valence-electron chi connectivity index (χ4n) is 2.73. The minimum absolute atomic E-state index is 0.0237. The van der Waals surface area contributed by atoms with E-state index in [1.54, 1.807) is 19.2 Å². The van der Waals surface area contributed by atoms with Gasteiger partial charge in [0.05, 0.1) is 6.42 Å². The van der Waals surface area contributed by atoms with E-state index in [2.05, 4.69) is 4.98 Å². The van der Waals surface area contributed by atoms with Gasteiger partial charge in [0.1, 0.15) is 5.82 Å². The molecule has 0 atom stereocenters. The highest BCUT2D eigenvalue weighted by Crippen LogP contribution is 2.33. The van der Waals surface area contributed by atoms with Crippen LogP contribution in [0.15, 0.2) is 30.6 Å². The lowest BCUT2D eigenvalue weighted by Crippen LogP contribution is -2.31. The standard InChI is InChI=1S/C17H15FN3O2/c1-21-15-7-14(18)13(6-11(15)2-3-17(21)23)12-4-10(5-16(19)22)8-20-9-12/h4-9H,2-3H2,1H3,(H2,19,22). The number of hydrogen-bond donors (Lipinski definition) is 1. The lowest BCUT2D eigenvalue weighted by atomic mass is 9.95. The van der Waals surface area contributed by atoms with Crippen LogP contribution in [-0.4, -0.2) is 23.8 Å². The zero-order chi connectivity index (χ0) is 16.6. The van der Waals surface area contributed by atoms with Gasteiger partial charge in [-0.05, 0) is 35.7 Å². The van der Waals surface area contributed by atoms with Gasteiger partial charge in [0.25, 0.3) is 0 Å². The monoisotopic (exact) mass is 312 g/mol. The van der Waals surface area contributed by atoms with Gasteiger partial charge in [0.15, 0.2) is 0 Å². The maximum absolute atomic E-state index is 14.5. The van der Waals surface area contributed by atoms with E-state index in [4.69, 9.17) is 5.73 Å². The quantitative estimate of drug-likeness (QED) is 0.939. The molecule has 1 aromatic carbocycles. The van der Waals surface area contributed by atoms with Gasteiger partial charge in [-0.15, -0.1) is 0 Å². The first kappa shape index (κ1) is 15.1. The summed E-state index contributed by atoms with van der Waals surface area (Å²) in [5.74, 6) is -1.05. The number of aromatic nitrogens is 1. The van der Waals surface area contributed by atoms with Crippen molar-refractivity contribution in [2.45, 2.75) is 12.8 Å². The van der Waals surface area contributed by atoms with Crippen LogP contribution in [0.2, 0.25) is 0 Å². The molecule has 2 N–H and O–H groups in total. The molecule has 0 aliphatic carbocycles. The molecule has 0 bridgehead atoms. The van der Waals surface area contributed by atoms with Crippen LogP contribution in [0.4, 0.5) is 10.1 Å². The predicted molar refractivity (Wildman–Crippen MR) is 84.0 cm³/mol. The third kappa shape index (κ3) is 2.92. The summed E-state index contributed by atoms with van der Waals surface area (Å²) < 4.78 is 14.5.